The standard InChI is InChI=1S/C21H25N5O7/c1-13-7-9-23-17(10-13)22-8-3-6-18(27)24-12-19(28)25-15(11-20(29)30)14-4-2-5-16(21(14)31)26(32)33/h2,4-5,7,9-10,15,31H,3,6,8,11-12H2,1H3,(H,22,23)(H,24,27)(H,25,28)(H,29,30). The number of amides is 2. The monoisotopic (exact) mass is 459 g/mol. The number of aliphatic carboxylic acids is 1. The zero-order valence-electron chi connectivity index (χ0n) is 17.9. The lowest BCUT2D eigenvalue weighted by Crippen LogP contribution is -2.39. The number of aromatic hydroxyl groups is 1. The summed E-state index contributed by atoms with van der Waals surface area (Å²) in [5.74, 6) is -2.40. The van der Waals surface area contributed by atoms with Crippen LogP contribution in [0.3, 0.4) is 0 Å². The first-order valence-electron chi connectivity index (χ1n) is 10.1. The van der Waals surface area contributed by atoms with Gasteiger partial charge in [-0.05, 0) is 31.0 Å². The van der Waals surface area contributed by atoms with Gasteiger partial charge in [-0.2, -0.15) is 0 Å². The van der Waals surface area contributed by atoms with Crippen molar-refractivity contribution in [1.82, 2.24) is 15.6 Å². The van der Waals surface area contributed by atoms with Gasteiger partial charge in [-0.25, -0.2) is 4.98 Å². The molecule has 0 bridgehead atoms. The number of nitro benzene ring substituents is 1. The van der Waals surface area contributed by atoms with Crippen LogP contribution in [0, 0.1) is 17.0 Å². The molecule has 5 N–H and O–H groups in total. The zero-order valence-corrected chi connectivity index (χ0v) is 17.9. The van der Waals surface area contributed by atoms with Crippen LogP contribution in [0.1, 0.15) is 36.4 Å². The van der Waals surface area contributed by atoms with E-state index >= 15 is 0 Å². The van der Waals surface area contributed by atoms with E-state index in [-0.39, 0.29) is 17.9 Å². The number of phenols is 1. The fourth-order valence-electron chi connectivity index (χ4n) is 3.00. The molecule has 12 nitrogen and oxygen atoms in total. The maximum absolute atomic E-state index is 12.2. The number of nitrogens with zero attached hydrogens (tertiary/aromatic N) is 2. The van der Waals surface area contributed by atoms with Gasteiger partial charge in [0.15, 0.2) is 5.75 Å². The second-order valence-corrected chi connectivity index (χ2v) is 7.22. The molecule has 33 heavy (non-hydrogen) atoms. The molecule has 1 unspecified atom stereocenters. The Labute approximate surface area is 189 Å². The zero-order chi connectivity index (χ0) is 24.4. The molecular weight excluding hydrogens is 434 g/mol. The van der Waals surface area contributed by atoms with E-state index in [9.17, 15) is 29.6 Å². The summed E-state index contributed by atoms with van der Waals surface area (Å²) in [5.41, 5.74) is 0.331. The summed E-state index contributed by atoms with van der Waals surface area (Å²) in [5, 5.41) is 38.2. The van der Waals surface area contributed by atoms with Gasteiger partial charge in [0, 0.05) is 30.8 Å². The summed E-state index contributed by atoms with van der Waals surface area (Å²) in [6, 6.07) is 6.13. The maximum Gasteiger partial charge on any atom is 0.311 e. The van der Waals surface area contributed by atoms with Crippen LogP contribution in [0.2, 0.25) is 0 Å². The van der Waals surface area contributed by atoms with E-state index < -0.39 is 47.2 Å². The number of hydrogen-bond acceptors (Lipinski definition) is 8. The number of carboxylic acid groups (broad SMARTS) is 1. The molecule has 2 amide bonds. The van der Waals surface area contributed by atoms with Gasteiger partial charge >= 0.3 is 11.7 Å². The minimum absolute atomic E-state index is 0.109. The number of phenolic OH excluding ortho intramolecular Hbond substituents is 1. The number of carbonyl (C=O) groups excluding carboxylic acids is 2. The van der Waals surface area contributed by atoms with Crippen molar-refractivity contribution in [2.75, 3.05) is 18.4 Å². The Kier molecular flexibility index (Phi) is 9.09. The van der Waals surface area contributed by atoms with Gasteiger partial charge in [0.05, 0.1) is 23.9 Å². The first kappa shape index (κ1) is 25.0. The molecule has 0 aliphatic rings. The number of hydrogen-bond donors (Lipinski definition) is 5. The smallest absolute Gasteiger partial charge is 0.311 e. The van der Waals surface area contributed by atoms with Gasteiger partial charge in [0.2, 0.25) is 11.8 Å². The molecule has 0 radical (unpaired) electrons. The van der Waals surface area contributed by atoms with E-state index in [4.69, 9.17) is 5.11 Å². The molecule has 2 aromatic rings. The summed E-state index contributed by atoms with van der Waals surface area (Å²) in [4.78, 5) is 49.7. The van der Waals surface area contributed by atoms with E-state index in [1.807, 2.05) is 19.1 Å². The molecule has 176 valence electrons. The van der Waals surface area contributed by atoms with Gasteiger partial charge in [0.25, 0.3) is 0 Å². The normalized spacial score (nSPS) is 11.3. The van der Waals surface area contributed by atoms with Gasteiger partial charge in [0.1, 0.15) is 5.82 Å². The number of carbonyl (C=O) groups is 3. The first-order chi connectivity index (χ1) is 15.7. The predicted molar refractivity (Wildman–Crippen MR) is 118 cm³/mol. The number of anilines is 1. The summed E-state index contributed by atoms with van der Waals surface area (Å²) >= 11 is 0. The lowest BCUT2D eigenvalue weighted by molar-refractivity contribution is -0.386. The molecule has 0 fully saturated rings. The number of aryl methyl sites for hydroxylation is 1. The number of nitro groups is 1. The van der Waals surface area contributed by atoms with Gasteiger partial charge < -0.3 is 26.2 Å². The quantitative estimate of drug-likeness (QED) is 0.179. The van der Waals surface area contributed by atoms with Crippen LogP contribution in [-0.4, -0.2) is 51.0 Å². The number of aromatic nitrogens is 1. The predicted octanol–water partition coefficient (Wildman–Crippen LogP) is 1.64. The molecule has 0 saturated carbocycles. The van der Waals surface area contributed by atoms with Crippen molar-refractivity contribution in [3.8, 4) is 5.75 Å². The Balaban J connectivity index is 1.85. The van der Waals surface area contributed by atoms with Crippen LogP contribution in [0.25, 0.3) is 0 Å². The maximum atomic E-state index is 12.2. The van der Waals surface area contributed by atoms with E-state index in [0.717, 1.165) is 11.6 Å². The second kappa shape index (κ2) is 12.0. The lowest BCUT2D eigenvalue weighted by Gasteiger charge is -2.18. The van der Waals surface area contributed by atoms with Crippen molar-refractivity contribution >= 4 is 29.3 Å². The SMILES string of the molecule is Cc1ccnc(NCCCC(=O)NCC(=O)NC(CC(=O)O)c2cccc([N+](=O)[O-])c2O)c1. The molecule has 12 heteroatoms. The summed E-state index contributed by atoms with van der Waals surface area (Å²) in [6.45, 7) is 2.02. The van der Waals surface area contributed by atoms with Crippen molar-refractivity contribution in [2.24, 2.45) is 0 Å². The summed E-state index contributed by atoms with van der Waals surface area (Å²) in [7, 11) is 0. The number of carboxylic acids is 1. The lowest BCUT2D eigenvalue weighted by atomic mass is 10.0. The topological polar surface area (TPSA) is 184 Å². The Morgan fingerprint density at radius 3 is 2.64 bits per heavy atom. The Morgan fingerprint density at radius 2 is 1.97 bits per heavy atom. The molecule has 0 aliphatic carbocycles. The molecule has 2 rings (SSSR count). The number of para-hydroxylation sites is 1. The summed E-state index contributed by atoms with van der Waals surface area (Å²) < 4.78 is 0. The van der Waals surface area contributed by atoms with Gasteiger partial charge in [-0.1, -0.05) is 12.1 Å². The van der Waals surface area contributed by atoms with Gasteiger partial charge in [-0.3, -0.25) is 24.5 Å². The third-order valence-corrected chi connectivity index (χ3v) is 4.58. The molecule has 1 aromatic carbocycles. The van der Waals surface area contributed by atoms with Crippen LogP contribution in [0.4, 0.5) is 11.5 Å². The largest absolute Gasteiger partial charge is 0.502 e. The molecule has 0 spiro atoms. The molecule has 0 saturated heterocycles. The van der Waals surface area contributed by atoms with Gasteiger partial charge in [-0.15, -0.1) is 0 Å². The van der Waals surface area contributed by atoms with Crippen molar-refractivity contribution < 1.29 is 29.5 Å². The van der Waals surface area contributed by atoms with Crippen LogP contribution in [0.5, 0.6) is 5.75 Å². The number of rotatable bonds is 12. The highest BCUT2D eigenvalue weighted by Crippen LogP contribution is 2.34. The van der Waals surface area contributed by atoms with Crippen LogP contribution < -0.4 is 16.0 Å². The third-order valence-electron chi connectivity index (χ3n) is 4.58. The van der Waals surface area contributed by atoms with E-state index in [1.54, 1.807) is 6.20 Å². The van der Waals surface area contributed by atoms with E-state index in [0.29, 0.717) is 18.8 Å². The molecule has 1 aromatic heterocycles. The van der Waals surface area contributed by atoms with Crippen molar-refractivity contribution in [3.05, 3.63) is 57.8 Å². The van der Waals surface area contributed by atoms with Crippen molar-refractivity contribution in [3.63, 3.8) is 0 Å². The van der Waals surface area contributed by atoms with Crippen molar-refractivity contribution in [1.29, 1.82) is 0 Å². The third kappa shape index (κ3) is 8.09. The number of benzene rings is 1. The van der Waals surface area contributed by atoms with Crippen molar-refractivity contribution in [2.45, 2.75) is 32.2 Å². The molecule has 0 aliphatic heterocycles. The Hall–Kier alpha value is -4.22. The highest BCUT2D eigenvalue weighted by atomic mass is 16.6. The van der Waals surface area contributed by atoms with Crippen LogP contribution >= 0.6 is 0 Å². The average Bonchev–Trinajstić information content (AvgIpc) is 2.74. The average molecular weight is 459 g/mol. The highest BCUT2D eigenvalue weighted by Gasteiger charge is 2.25. The second-order valence-electron chi connectivity index (χ2n) is 7.22. The number of nitrogens with one attached hydrogen (secondary N) is 3. The Morgan fingerprint density at radius 1 is 1.21 bits per heavy atom. The Bertz CT molecular complexity index is 1030. The fraction of sp³-hybridized carbons (Fsp3) is 0.333. The van der Waals surface area contributed by atoms with E-state index in [2.05, 4.69) is 20.9 Å². The highest BCUT2D eigenvalue weighted by molar-refractivity contribution is 5.85. The minimum atomic E-state index is -1.29. The first-order valence-corrected chi connectivity index (χ1v) is 10.1. The fourth-order valence-corrected chi connectivity index (χ4v) is 3.00. The van der Waals surface area contributed by atoms with E-state index in [1.165, 1.54) is 12.1 Å². The molecular formula is C21H25N5O7. The van der Waals surface area contributed by atoms with Crippen LogP contribution in [-0.2, 0) is 14.4 Å². The molecule has 1 heterocycles. The summed E-state index contributed by atoms with van der Waals surface area (Å²) in [6.07, 6.45) is 1.70. The number of pyridine rings is 1. The molecule has 1 atom stereocenters. The van der Waals surface area contributed by atoms with Crippen LogP contribution in [0.15, 0.2) is 36.5 Å². The minimum Gasteiger partial charge on any atom is -0.502 e.